The fourth-order valence-corrected chi connectivity index (χ4v) is 2.06. The van der Waals surface area contributed by atoms with Gasteiger partial charge in [-0.2, -0.15) is 0 Å². The molecule has 0 spiro atoms. The van der Waals surface area contributed by atoms with Gasteiger partial charge in [0.25, 0.3) is 11.8 Å². The quantitative estimate of drug-likeness (QED) is 0.853. The van der Waals surface area contributed by atoms with Crippen LogP contribution >= 0.6 is 15.9 Å². The molecule has 0 fully saturated rings. The molecule has 0 saturated carbocycles. The van der Waals surface area contributed by atoms with E-state index in [0.29, 0.717) is 4.47 Å². The molecule has 2 amide bonds. The van der Waals surface area contributed by atoms with E-state index in [0.717, 1.165) is 0 Å². The van der Waals surface area contributed by atoms with Crippen molar-refractivity contribution in [3.63, 3.8) is 0 Å². The van der Waals surface area contributed by atoms with Crippen molar-refractivity contribution in [1.82, 2.24) is 0 Å². The maximum Gasteiger partial charge on any atom is 0.262 e. The summed E-state index contributed by atoms with van der Waals surface area (Å²) >= 11 is 3.12. The molecule has 22 heavy (non-hydrogen) atoms. The highest BCUT2D eigenvalue weighted by molar-refractivity contribution is 9.10. The van der Waals surface area contributed by atoms with E-state index in [4.69, 9.17) is 10.5 Å². The van der Waals surface area contributed by atoms with Gasteiger partial charge in [-0.15, -0.1) is 0 Å². The smallest absolute Gasteiger partial charge is 0.262 e. The molecule has 0 aliphatic heterocycles. The summed E-state index contributed by atoms with van der Waals surface area (Å²) < 4.78 is 19.2. The minimum Gasteiger partial charge on any atom is -0.481 e. The van der Waals surface area contributed by atoms with E-state index in [9.17, 15) is 14.0 Å². The van der Waals surface area contributed by atoms with Crippen molar-refractivity contribution in [1.29, 1.82) is 0 Å². The number of benzene rings is 2. The molecule has 0 unspecified atom stereocenters. The van der Waals surface area contributed by atoms with Crippen LogP contribution in [0.5, 0.6) is 5.75 Å². The number of carbonyl (C=O) groups is 2. The van der Waals surface area contributed by atoms with E-state index in [2.05, 4.69) is 21.2 Å². The summed E-state index contributed by atoms with van der Waals surface area (Å²) in [5.41, 5.74) is 5.68. The number of primary amides is 1. The lowest BCUT2D eigenvalue weighted by Gasteiger charge is -2.10. The van der Waals surface area contributed by atoms with Gasteiger partial charge in [0.2, 0.25) is 0 Å². The molecule has 7 heteroatoms. The Morgan fingerprint density at radius 1 is 1.23 bits per heavy atom. The van der Waals surface area contributed by atoms with Gasteiger partial charge in [0.15, 0.2) is 18.2 Å². The van der Waals surface area contributed by atoms with Crippen LogP contribution in [0.4, 0.5) is 10.1 Å². The van der Waals surface area contributed by atoms with E-state index in [1.54, 1.807) is 18.2 Å². The molecule has 2 aromatic rings. The van der Waals surface area contributed by atoms with Crippen molar-refractivity contribution in [3.05, 3.63) is 58.3 Å². The van der Waals surface area contributed by atoms with Gasteiger partial charge in [-0.05, 0) is 30.3 Å². The number of hydrogen-bond acceptors (Lipinski definition) is 3. The van der Waals surface area contributed by atoms with Gasteiger partial charge >= 0.3 is 0 Å². The maximum absolute atomic E-state index is 13.5. The molecule has 3 N–H and O–H groups in total. The Morgan fingerprint density at radius 2 is 1.95 bits per heavy atom. The summed E-state index contributed by atoms with van der Waals surface area (Å²) in [7, 11) is 0. The molecule has 114 valence electrons. The fourth-order valence-electron chi connectivity index (χ4n) is 1.73. The molecule has 2 aromatic carbocycles. The average molecular weight is 367 g/mol. The SMILES string of the molecule is NC(=O)c1ccccc1NC(=O)COc1ccc(Br)cc1F. The van der Waals surface area contributed by atoms with Crippen LogP contribution < -0.4 is 15.8 Å². The highest BCUT2D eigenvalue weighted by Gasteiger charge is 2.12. The topological polar surface area (TPSA) is 81.4 Å². The molecule has 0 atom stereocenters. The maximum atomic E-state index is 13.5. The van der Waals surface area contributed by atoms with E-state index >= 15 is 0 Å². The predicted octanol–water partition coefficient (Wildman–Crippen LogP) is 2.70. The molecule has 0 heterocycles. The number of halogens is 2. The van der Waals surface area contributed by atoms with Gasteiger partial charge in [-0.1, -0.05) is 28.1 Å². The number of ether oxygens (including phenoxy) is 1. The van der Waals surface area contributed by atoms with Crippen molar-refractivity contribution >= 4 is 33.4 Å². The first-order valence-corrected chi connectivity index (χ1v) is 7.03. The van der Waals surface area contributed by atoms with Gasteiger partial charge in [0, 0.05) is 4.47 Å². The Kier molecular flexibility index (Phi) is 5.11. The Balaban J connectivity index is 2.00. The number of anilines is 1. The summed E-state index contributed by atoms with van der Waals surface area (Å²) in [6.45, 7) is -0.397. The summed E-state index contributed by atoms with van der Waals surface area (Å²) in [6.07, 6.45) is 0. The van der Waals surface area contributed by atoms with Gasteiger partial charge in [0.05, 0.1) is 11.3 Å². The zero-order chi connectivity index (χ0) is 16.1. The van der Waals surface area contributed by atoms with Crippen LogP contribution in [0.3, 0.4) is 0 Å². The van der Waals surface area contributed by atoms with Crippen LogP contribution in [0, 0.1) is 5.82 Å². The lowest BCUT2D eigenvalue weighted by Crippen LogP contribution is -2.23. The molecule has 5 nitrogen and oxygen atoms in total. The number of rotatable bonds is 5. The summed E-state index contributed by atoms with van der Waals surface area (Å²) in [5.74, 6) is -1.81. The first kappa shape index (κ1) is 16.0. The molecule has 0 saturated heterocycles. The Labute approximate surface area is 134 Å². The highest BCUT2D eigenvalue weighted by atomic mass is 79.9. The molecule has 0 aliphatic carbocycles. The standard InChI is InChI=1S/C15H12BrFN2O3/c16-9-5-6-13(11(17)7-9)22-8-14(20)19-12-4-2-1-3-10(12)15(18)21/h1-7H,8H2,(H2,18,21)(H,19,20). The second kappa shape index (κ2) is 7.04. The van der Waals surface area contributed by atoms with Crippen LogP contribution in [0.15, 0.2) is 46.9 Å². The number of amides is 2. The molecular weight excluding hydrogens is 355 g/mol. The normalized spacial score (nSPS) is 10.1. The van der Waals surface area contributed by atoms with Gasteiger partial charge in [0.1, 0.15) is 0 Å². The highest BCUT2D eigenvalue weighted by Crippen LogP contribution is 2.21. The zero-order valence-corrected chi connectivity index (χ0v) is 12.9. The van der Waals surface area contributed by atoms with Crippen molar-refractivity contribution < 1.29 is 18.7 Å². The second-order valence-electron chi connectivity index (χ2n) is 4.32. The summed E-state index contributed by atoms with van der Waals surface area (Å²) in [6, 6.07) is 10.5. The minimum atomic E-state index is -0.657. The largest absolute Gasteiger partial charge is 0.481 e. The molecular formula is C15H12BrFN2O3. The van der Waals surface area contributed by atoms with Crippen LogP contribution in [0.25, 0.3) is 0 Å². The van der Waals surface area contributed by atoms with E-state index in [-0.39, 0.29) is 17.0 Å². The van der Waals surface area contributed by atoms with Gasteiger partial charge < -0.3 is 15.8 Å². The molecule has 0 aromatic heterocycles. The first-order chi connectivity index (χ1) is 10.5. The second-order valence-corrected chi connectivity index (χ2v) is 5.24. The minimum absolute atomic E-state index is 0.0402. The van der Waals surface area contributed by atoms with Gasteiger partial charge in [-0.25, -0.2) is 4.39 Å². The molecule has 0 bridgehead atoms. The Morgan fingerprint density at radius 3 is 2.64 bits per heavy atom. The molecule has 0 radical (unpaired) electrons. The van der Waals surface area contributed by atoms with Crippen molar-refractivity contribution in [2.45, 2.75) is 0 Å². The van der Waals surface area contributed by atoms with E-state index < -0.39 is 24.2 Å². The molecule has 0 aliphatic rings. The zero-order valence-electron chi connectivity index (χ0n) is 11.3. The Hall–Kier alpha value is -2.41. The van der Waals surface area contributed by atoms with Gasteiger partial charge in [-0.3, -0.25) is 9.59 Å². The summed E-state index contributed by atoms with van der Waals surface area (Å²) in [4.78, 5) is 23.1. The number of carbonyl (C=O) groups excluding carboxylic acids is 2. The summed E-state index contributed by atoms with van der Waals surface area (Å²) in [5, 5.41) is 2.50. The van der Waals surface area contributed by atoms with Crippen LogP contribution in [0.2, 0.25) is 0 Å². The van der Waals surface area contributed by atoms with Crippen LogP contribution in [-0.2, 0) is 4.79 Å². The number of hydrogen-bond donors (Lipinski definition) is 2. The van der Waals surface area contributed by atoms with Crippen LogP contribution in [-0.4, -0.2) is 18.4 Å². The van der Waals surface area contributed by atoms with Crippen molar-refractivity contribution in [3.8, 4) is 5.75 Å². The monoisotopic (exact) mass is 366 g/mol. The number of nitrogens with one attached hydrogen (secondary N) is 1. The first-order valence-electron chi connectivity index (χ1n) is 6.24. The third-order valence-electron chi connectivity index (χ3n) is 2.72. The van der Waals surface area contributed by atoms with Crippen molar-refractivity contribution in [2.24, 2.45) is 5.73 Å². The fraction of sp³-hybridized carbons (Fsp3) is 0.0667. The third-order valence-corrected chi connectivity index (χ3v) is 3.21. The lowest BCUT2D eigenvalue weighted by molar-refractivity contribution is -0.118. The number of para-hydroxylation sites is 1. The average Bonchev–Trinajstić information content (AvgIpc) is 2.46. The number of nitrogens with two attached hydrogens (primary N) is 1. The lowest BCUT2D eigenvalue weighted by atomic mass is 10.1. The van der Waals surface area contributed by atoms with E-state index in [1.165, 1.54) is 24.3 Å². The van der Waals surface area contributed by atoms with Crippen LogP contribution in [0.1, 0.15) is 10.4 Å². The predicted molar refractivity (Wildman–Crippen MR) is 83.2 cm³/mol. The Bertz CT molecular complexity index is 722. The van der Waals surface area contributed by atoms with Crippen molar-refractivity contribution in [2.75, 3.05) is 11.9 Å². The van der Waals surface area contributed by atoms with E-state index in [1.807, 2.05) is 0 Å². The third kappa shape index (κ3) is 4.05. The molecule has 2 rings (SSSR count).